The zero-order valence-corrected chi connectivity index (χ0v) is 15.7. The van der Waals surface area contributed by atoms with Gasteiger partial charge in [0, 0.05) is 36.9 Å². The molecule has 3 aromatic rings. The maximum absolute atomic E-state index is 12.9. The number of hydrogen-bond donors (Lipinski definition) is 1. The molecule has 0 radical (unpaired) electrons. The number of carbonyl (C=O) groups is 1. The van der Waals surface area contributed by atoms with Crippen molar-refractivity contribution >= 4 is 11.9 Å². The van der Waals surface area contributed by atoms with Gasteiger partial charge < -0.3 is 10.6 Å². The molecule has 4 rings (SSSR count). The molecule has 28 heavy (non-hydrogen) atoms. The maximum Gasteiger partial charge on any atom is 0.248 e. The van der Waals surface area contributed by atoms with E-state index in [1.165, 1.54) is 0 Å². The first-order valence-electron chi connectivity index (χ1n) is 9.36. The minimum atomic E-state index is -1.00. The van der Waals surface area contributed by atoms with Crippen molar-refractivity contribution in [3.63, 3.8) is 0 Å². The zero-order valence-electron chi connectivity index (χ0n) is 15.7. The Hall–Kier alpha value is -3.35. The third kappa shape index (κ3) is 2.98. The molecule has 1 saturated heterocycles. The summed E-state index contributed by atoms with van der Waals surface area (Å²) in [6, 6.07) is 9.48. The molecule has 0 spiro atoms. The van der Waals surface area contributed by atoms with E-state index in [1.54, 1.807) is 36.9 Å². The highest BCUT2D eigenvalue weighted by molar-refractivity contribution is 5.90. The molecule has 3 heterocycles. The van der Waals surface area contributed by atoms with Crippen molar-refractivity contribution in [2.24, 2.45) is 5.73 Å². The van der Waals surface area contributed by atoms with Crippen LogP contribution in [0.15, 0.2) is 55.1 Å². The minimum absolute atomic E-state index is 0.400. The van der Waals surface area contributed by atoms with Crippen LogP contribution in [-0.4, -0.2) is 32.4 Å². The SMILES string of the molecule is Cc1ccc(C2(C(N)=O)CCCCN2c2ncccn2)cc1-c1ncccn1. The van der Waals surface area contributed by atoms with Gasteiger partial charge in [0.05, 0.1) is 0 Å². The highest BCUT2D eigenvalue weighted by Gasteiger charge is 2.47. The molecule has 2 aromatic heterocycles. The highest BCUT2D eigenvalue weighted by atomic mass is 16.1. The molecule has 7 heteroatoms. The Morgan fingerprint density at radius 1 is 1.04 bits per heavy atom. The van der Waals surface area contributed by atoms with E-state index in [4.69, 9.17) is 5.73 Å². The smallest absolute Gasteiger partial charge is 0.248 e. The second kappa shape index (κ2) is 7.34. The lowest BCUT2D eigenvalue weighted by atomic mass is 9.78. The summed E-state index contributed by atoms with van der Waals surface area (Å²) in [5, 5.41) is 0. The summed E-state index contributed by atoms with van der Waals surface area (Å²) in [5.74, 6) is 0.738. The van der Waals surface area contributed by atoms with Crippen molar-refractivity contribution in [1.82, 2.24) is 19.9 Å². The summed E-state index contributed by atoms with van der Waals surface area (Å²) in [4.78, 5) is 32.4. The number of carbonyl (C=O) groups excluding carboxylic acids is 1. The van der Waals surface area contributed by atoms with Gasteiger partial charge in [-0.3, -0.25) is 4.79 Å². The van der Waals surface area contributed by atoms with Crippen LogP contribution in [0.4, 0.5) is 5.95 Å². The summed E-state index contributed by atoms with van der Waals surface area (Å²) >= 11 is 0. The van der Waals surface area contributed by atoms with E-state index in [2.05, 4.69) is 19.9 Å². The number of primary amides is 1. The van der Waals surface area contributed by atoms with Crippen LogP contribution in [0.3, 0.4) is 0 Å². The fourth-order valence-electron chi connectivity index (χ4n) is 3.93. The Morgan fingerprint density at radius 3 is 2.39 bits per heavy atom. The Labute approximate surface area is 163 Å². The first-order chi connectivity index (χ1) is 13.6. The fourth-order valence-corrected chi connectivity index (χ4v) is 3.93. The lowest BCUT2D eigenvalue weighted by Gasteiger charge is -2.45. The number of amides is 1. The first kappa shape index (κ1) is 18.0. The molecule has 142 valence electrons. The lowest BCUT2D eigenvalue weighted by molar-refractivity contribution is -0.124. The van der Waals surface area contributed by atoms with E-state index in [0.29, 0.717) is 24.7 Å². The molecular formula is C21H22N6O. The van der Waals surface area contributed by atoms with Crippen LogP contribution in [0.1, 0.15) is 30.4 Å². The number of hydrogen-bond acceptors (Lipinski definition) is 6. The fraction of sp³-hybridized carbons (Fsp3) is 0.286. The van der Waals surface area contributed by atoms with Gasteiger partial charge in [-0.25, -0.2) is 19.9 Å². The van der Waals surface area contributed by atoms with Crippen LogP contribution in [0, 0.1) is 6.92 Å². The van der Waals surface area contributed by atoms with Crippen LogP contribution in [0.2, 0.25) is 0 Å². The number of nitrogens with zero attached hydrogens (tertiary/aromatic N) is 5. The highest BCUT2D eigenvalue weighted by Crippen LogP contribution is 2.40. The van der Waals surface area contributed by atoms with Gasteiger partial charge in [-0.2, -0.15) is 0 Å². The molecular weight excluding hydrogens is 352 g/mol. The number of aryl methyl sites for hydroxylation is 1. The summed E-state index contributed by atoms with van der Waals surface area (Å²) < 4.78 is 0. The van der Waals surface area contributed by atoms with E-state index >= 15 is 0 Å². The monoisotopic (exact) mass is 374 g/mol. The number of benzene rings is 1. The normalized spacial score (nSPS) is 19.4. The molecule has 7 nitrogen and oxygen atoms in total. The maximum atomic E-state index is 12.9. The van der Waals surface area contributed by atoms with Gasteiger partial charge in [-0.05, 0) is 55.5 Å². The van der Waals surface area contributed by atoms with Crippen LogP contribution in [0.5, 0.6) is 0 Å². The van der Waals surface area contributed by atoms with Crippen LogP contribution < -0.4 is 10.6 Å². The lowest BCUT2D eigenvalue weighted by Crippen LogP contribution is -2.58. The average Bonchev–Trinajstić information content (AvgIpc) is 2.75. The molecule has 1 aliphatic heterocycles. The first-order valence-corrected chi connectivity index (χ1v) is 9.36. The number of rotatable bonds is 4. The van der Waals surface area contributed by atoms with Gasteiger partial charge in [0.25, 0.3) is 0 Å². The van der Waals surface area contributed by atoms with E-state index in [9.17, 15) is 4.79 Å². The number of aromatic nitrogens is 4. The molecule has 2 N–H and O–H groups in total. The van der Waals surface area contributed by atoms with Crippen LogP contribution in [0.25, 0.3) is 11.4 Å². The van der Waals surface area contributed by atoms with Crippen molar-refractivity contribution in [1.29, 1.82) is 0 Å². The summed E-state index contributed by atoms with van der Waals surface area (Å²) in [6.07, 6.45) is 9.25. The van der Waals surface area contributed by atoms with Gasteiger partial charge >= 0.3 is 0 Å². The van der Waals surface area contributed by atoms with Gasteiger partial charge in [0.15, 0.2) is 5.82 Å². The Bertz CT molecular complexity index is 979. The van der Waals surface area contributed by atoms with Crippen LogP contribution in [-0.2, 0) is 10.3 Å². The Morgan fingerprint density at radius 2 is 1.71 bits per heavy atom. The summed E-state index contributed by atoms with van der Waals surface area (Å²) in [5.41, 5.74) is 7.76. The molecule has 1 fully saturated rings. The quantitative estimate of drug-likeness (QED) is 0.754. The molecule has 1 unspecified atom stereocenters. The molecule has 0 saturated carbocycles. The standard InChI is InChI=1S/C21H22N6O/c1-15-6-7-16(14-17(15)18-23-9-4-10-24-18)21(19(22)28)8-2-3-13-27(21)20-25-11-5-12-26-20/h4-7,9-12,14H,2-3,8,13H2,1H3,(H2,22,28). The molecule has 1 aliphatic rings. The van der Waals surface area contributed by atoms with E-state index < -0.39 is 11.4 Å². The van der Waals surface area contributed by atoms with Crippen molar-refractivity contribution < 1.29 is 4.79 Å². The Balaban J connectivity index is 1.89. The zero-order chi connectivity index (χ0) is 19.6. The van der Waals surface area contributed by atoms with Gasteiger partial charge in [-0.1, -0.05) is 12.1 Å². The summed E-state index contributed by atoms with van der Waals surface area (Å²) in [6.45, 7) is 2.67. The van der Waals surface area contributed by atoms with E-state index in [-0.39, 0.29) is 0 Å². The number of piperidine rings is 1. The number of anilines is 1. The third-order valence-corrected chi connectivity index (χ3v) is 5.35. The second-order valence-electron chi connectivity index (χ2n) is 6.98. The minimum Gasteiger partial charge on any atom is -0.367 e. The molecule has 1 amide bonds. The van der Waals surface area contributed by atoms with Gasteiger partial charge in [0.1, 0.15) is 5.54 Å². The average molecular weight is 374 g/mol. The largest absolute Gasteiger partial charge is 0.367 e. The summed E-state index contributed by atoms with van der Waals surface area (Å²) in [7, 11) is 0. The van der Waals surface area contributed by atoms with Crippen molar-refractivity contribution in [3.8, 4) is 11.4 Å². The predicted octanol–water partition coefficient (Wildman–Crippen LogP) is 2.61. The number of nitrogens with two attached hydrogens (primary N) is 1. The van der Waals surface area contributed by atoms with E-state index in [0.717, 1.165) is 29.5 Å². The third-order valence-electron chi connectivity index (χ3n) is 5.35. The topological polar surface area (TPSA) is 97.9 Å². The predicted molar refractivity (Wildman–Crippen MR) is 106 cm³/mol. The molecule has 1 aromatic carbocycles. The Kier molecular flexibility index (Phi) is 4.73. The second-order valence-corrected chi connectivity index (χ2v) is 6.98. The molecule has 0 bridgehead atoms. The van der Waals surface area contributed by atoms with Crippen molar-refractivity contribution in [2.45, 2.75) is 31.7 Å². The molecule has 0 aliphatic carbocycles. The molecule has 1 atom stereocenters. The van der Waals surface area contributed by atoms with Crippen molar-refractivity contribution in [3.05, 3.63) is 66.2 Å². The van der Waals surface area contributed by atoms with Gasteiger partial charge in [0.2, 0.25) is 11.9 Å². The van der Waals surface area contributed by atoms with Crippen molar-refractivity contribution in [2.75, 3.05) is 11.4 Å². The van der Waals surface area contributed by atoms with Gasteiger partial charge in [-0.15, -0.1) is 0 Å². The van der Waals surface area contributed by atoms with Crippen LogP contribution >= 0.6 is 0 Å². The van der Waals surface area contributed by atoms with E-state index in [1.807, 2.05) is 30.0 Å².